The number of unbranched alkanes of at least 4 members (excludes halogenated alkanes) is 3. The normalized spacial score (nSPS) is 10.7. The first kappa shape index (κ1) is 25.7. The van der Waals surface area contributed by atoms with Crippen LogP contribution in [0.2, 0.25) is 0 Å². The Hall–Kier alpha value is -2.54. The van der Waals surface area contributed by atoms with Crippen LogP contribution in [-0.2, 0) is 0 Å². The molecule has 0 radical (unpaired) electrons. The number of carbonyl (C=O) groups is 2. The van der Waals surface area contributed by atoms with Crippen molar-refractivity contribution in [1.29, 1.82) is 0 Å². The van der Waals surface area contributed by atoms with Gasteiger partial charge in [-0.2, -0.15) is 0 Å². The number of hydrazine groups is 1. The maximum atomic E-state index is 12.4. The minimum Gasteiger partial charge on any atom is -0.494 e. The molecule has 0 bridgehead atoms. The van der Waals surface area contributed by atoms with E-state index in [0.29, 0.717) is 46.2 Å². The lowest BCUT2D eigenvalue weighted by Gasteiger charge is -2.11. The topological polar surface area (TPSA) is 76.7 Å². The van der Waals surface area contributed by atoms with Gasteiger partial charge in [-0.25, -0.2) is 0 Å². The zero-order valence-electron chi connectivity index (χ0n) is 19.1. The smallest absolute Gasteiger partial charge is 0.269 e. The molecule has 0 unspecified atom stereocenters. The number of hydrogen-bond acceptors (Lipinski definition) is 4. The minimum absolute atomic E-state index is 0.404. The van der Waals surface area contributed by atoms with Gasteiger partial charge in [0, 0.05) is 11.1 Å². The van der Waals surface area contributed by atoms with Gasteiger partial charge in [-0.15, -0.1) is 0 Å². The molecule has 0 aliphatic rings. The third kappa shape index (κ3) is 8.91. The van der Waals surface area contributed by atoms with Gasteiger partial charge < -0.3 is 9.47 Å². The van der Waals surface area contributed by atoms with Gasteiger partial charge in [-0.1, -0.05) is 40.0 Å². The van der Waals surface area contributed by atoms with E-state index in [1.807, 2.05) is 0 Å². The van der Waals surface area contributed by atoms with Crippen LogP contribution in [0.3, 0.4) is 0 Å². The Morgan fingerprint density at radius 2 is 1.53 bits per heavy atom. The Morgan fingerprint density at radius 3 is 2.16 bits per heavy atom. The fraction of sp³-hybridized carbons (Fsp3) is 0.440. The summed E-state index contributed by atoms with van der Waals surface area (Å²) >= 11 is 3.44. The highest BCUT2D eigenvalue weighted by atomic mass is 79.9. The van der Waals surface area contributed by atoms with Crippen LogP contribution in [0.25, 0.3) is 0 Å². The van der Waals surface area contributed by atoms with Crippen molar-refractivity contribution >= 4 is 27.7 Å². The first-order valence-electron chi connectivity index (χ1n) is 11.2. The van der Waals surface area contributed by atoms with Crippen LogP contribution in [0, 0.1) is 5.92 Å². The summed E-state index contributed by atoms with van der Waals surface area (Å²) in [6, 6.07) is 11.9. The molecule has 0 heterocycles. The number of nitrogens with one attached hydrogen (secondary N) is 2. The van der Waals surface area contributed by atoms with Crippen LogP contribution in [0.15, 0.2) is 46.9 Å². The molecule has 0 saturated heterocycles. The maximum absolute atomic E-state index is 12.4. The van der Waals surface area contributed by atoms with Gasteiger partial charge >= 0.3 is 0 Å². The number of ether oxygens (including phenoxy) is 2. The molecule has 2 aromatic rings. The quantitative estimate of drug-likeness (QED) is 0.278. The molecule has 2 rings (SSSR count). The number of amides is 2. The van der Waals surface area contributed by atoms with E-state index in [9.17, 15) is 9.59 Å². The molecular formula is C25H33BrN2O4. The molecule has 0 aliphatic heterocycles. The van der Waals surface area contributed by atoms with Crippen molar-refractivity contribution in [3.8, 4) is 11.5 Å². The second kappa shape index (κ2) is 13.8. The van der Waals surface area contributed by atoms with E-state index >= 15 is 0 Å². The standard InChI is InChI=1S/C25H33BrN2O4/c1-4-5-6-7-15-32-23-13-10-20(17-22(23)26)25(30)28-27-24(29)19-8-11-21(12-9-19)31-16-14-18(2)3/h8-13,17-18H,4-7,14-16H2,1-3H3,(H,27,29)(H,28,30). The first-order chi connectivity index (χ1) is 15.4. The van der Waals surface area contributed by atoms with Crippen molar-refractivity contribution in [3.63, 3.8) is 0 Å². The van der Waals surface area contributed by atoms with Gasteiger partial charge in [0.1, 0.15) is 11.5 Å². The van der Waals surface area contributed by atoms with Crippen LogP contribution < -0.4 is 20.3 Å². The SMILES string of the molecule is CCCCCCOc1ccc(C(=O)NNC(=O)c2ccc(OCCC(C)C)cc2)cc1Br. The van der Waals surface area contributed by atoms with E-state index in [1.54, 1.807) is 42.5 Å². The summed E-state index contributed by atoms with van der Waals surface area (Å²) in [4.78, 5) is 24.7. The van der Waals surface area contributed by atoms with Crippen molar-refractivity contribution in [3.05, 3.63) is 58.1 Å². The molecule has 0 fully saturated rings. The first-order valence-corrected chi connectivity index (χ1v) is 12.0. The molecule has 6 nitrogen and oxygen atoms in total. The summed E-state index contributed by atoms with van der Waals surface area (Å²) in [5.41, 5.74) is 5.71. The summed E-state index contributed by atoms with van der Waals surface area (Å²) in [7, 11) is 0. The monoisotopic (exact) mass is 504 g/mol. The van der Waals surface area contributed by atoms with Crippen molar-refractivity contribution in [1.82, 2.24) is 10.9 Å². The van der Waals surface area contributed by atoms with Gasteiger partial charge in [0.25, 0.3) is 11.8 Å². The molecule has 2 N–H and O–H groups in total. The summed E-state index contributed by atoms with van der Waals surface area (Å²) in [6.45, 7) is 7.73. The average molecular weight is 505 g/mol. The third-order valence-electron chi connectivity index (χ3n) is 4.82. The van der Waals surface area contributed by atoms with Gasteiger partial charge in [0.05, 0.1) is 17.7 Å². The molecule has 0 aromatic heterocycles. The summed E-state index contributed by atoms with van der Waals surface area (Å²) in [6.07, 6.45) is 5.49. The highest BCUT2D eigenvalue weighted by molar-refractivity contribution is 9.10. The lowest BCUT2D eigenvalue weighted by molar-refractivity contribution is 0.0846. The molecule has 2 aromatic carbocycles. The fourth-order valence-corrected chi connectivity index (χ4v) is 3.34. The average Bonchev–Trinajstić information content (AvgIpc) is 2.78. The number of carbonyl (C=O) groups excluding carboxylic acids is 2. The molecule has 0 saturated carbocycles. The van der Waals surface area contributed by atoms with Crippen LogP contribution in [-0.4, -0.2) is 25.0 Å². The zero-order chi connectivity index (χ0) is 23.3. The van der Waals surface area contributed by atoms with E-state index in [1.165, 1.54) is 12.8 Å². The van der Waals surface area contributed by atoms with E-state index in [2.05, 4.69) is 47.6 Å². The van der Waals surface area contributed by atoms with Gasteiger partial charge in [0.15, 0.2) is 0 Å². The Bertz CT molecular complexity index is 869. The summed E-state index contributed by atoms with van der Waals surface area (Å²) in [5, 5.41) is 0. The van der Waals surface area contributed by atoms with Crippen LogP contribution >= 0.6 is 15.9 Å². The van der Waals surface area contributed by atoms with E-state index in [-0.39, 0.29) is 0 Å². The Kier molecular flexibility index (Phi) is 11.1. The molecule has 0 spiro atoms. The Balaban J connectivity index is 1.81. The maximum Gasteiger partial charge on any atom is 0.269 e. The van der Waals surface area contributed by atoms with Crippen LogP contribution in [0.5, 0.6) is 11.5 Å². The van der Waals surface area contributed by atoms with Crippen molar-refractivity contribution in [2.45, 2.75) is 52.9 Å². The lowest BCUT2D eigenvalue weighted by Crippen LogP contribution is -2.41. The minimum atomic E-state index is -0.415. The van der Waals surface area contributed by atoms with E-state index in [0.717, 1.165) is 19.3 Å². The number of halogens is 1. The third-order valence-corrected chi connectivity index (χ3v) is 5.44. The Morgan fingerprint density at radius 1 is 0.875 bits per heavy atom. The number of rotatable bonds is 12. The lowest BCUT2D eigenvalue weighted by atomic mass is 10.1. The molecule has 7 heteroatoms. The summed E-state index contributed by atoms with van der Waals surface area (Å²) < 4.78 is 12.1. The molecule has 32 heavy (non-hydrogen) atoms. The van der Waals surface area contributed by atoms with Crippen LogP contribution in [0.4, 0.5) is 0 Å². The number of benzene rings is 2. The van der Waals surface area contributed by atoms with E-state index < -0.39 is 11.8 Å². The highest BCUT2D eigenvalue weighted by Gasteiger charge is 2.12. The molecule has 0 atom stereocenters. The van der Waals surface area contributed by atoms with Gasteiger partial charge in [-0.05, 0) is 77.2 Å². The second-order valence-electron chi connectivity index (χ2n) is 8.02. The van der Waals surface area contributed by atoms with E-state index in [4.69, 9.17) is 9.47 Å². The molecule has 2 amide bonds. The van der Waals surface area contributed by atoms with Crippen molar-refractivity contribution in [2.24, 2.45) is 5.92 Å². The second-order valence-corrected chi connectivity index (χ2v) is 8.87. The number of hydrogen-bond donors (Lipinski definition) is 2. The van der Waals surface area contributed by atoms with Crippen LogP contribution in [0.1, 0.15) is 73.6 Å². The van der Waals surface area contributed by atoms with Crippen molar-refractivity contribution in [2.75, 3.05) is 13.2 Å². The zero-order valence-corrected chi connectivity index (χ0v) is 20.7. The molecular weight excluding hydrogens is 472 g/mol. The highest BCUT2D eigenvalue weighted by Crippen LogP contribution is 2.26. The molecule has 0 aliphatic carbocycles. The van der Waals surface area contributed by atoms with Gasteiger partial charge in [-0.3, -0.25) is 20.4 Å². The van der Waals surface area contributed by atoms with Gasteiger partial charge in [0.2, 0.25) is 0 Å². The van der Waals surface area contributed by atoms with Crippen molar-refractivity contribution < 1.29 is 19.1 Å². The molecule has 174 valence electrons. The predicted molar refractivity (Wildman–Crippen MR) is 130 cm³/mol. The predicted octanol–water partition coefficient (Wildman–Crippen LogP) is 5.91. The largest absolute Gasteiger partial charge is 0.494 e. The summed E-state index contributed by atoms with van der Waals surface area (Å²) in [5.74, 6) is 1.16. The fourth-order valence-electron chi connectivity index (χ4n) is 2.84. The Labute approximate surface area is 199 Å².